The van der Waals surface area contributed by atoms with Crippen molar-refractivity contribution in [2.45, 2.75) is 45.1 Å². The molecular formula is C25H26ClN3O3S. The second kappa shape index (κ2) is 10.8. The van der Waals surface area contributed by atoms with Gasteiger partial charge in [0.15, 0.2) is 0 Å². The lowest BCUT2D eigenvalue weighted by Gasteiger charge is -2.20. The smallest absolute Gasteiger partial charge is 0.412 e. The molecule has 1 aromatic carbocycles. The van der Waals surface area contributed by atoms with Gasteiger partial charge >= 0.3 is 6.09 Å². The number of benzene rings is 1. The van der Waals surface area contributed by atoms with E-state index in [2.05, 4.69) is 15.6 Å². The van der Waals surface area contributed by atoms with Gasteiger partial charge in [0.2, 0.25) is 5.91 Å². The highest BCUT2D eigenvalue weighted by Crippen LogP contribution is 2.34. The Hall–Kier alpha value is -2.90. The van der Waals surface area contributed by atoms with Crippen molar-refractivity contribution < 1.29 is 14.3 Å². The molecule has 4 rings (SSSR count). The first-order valence-corrected chi connectivity index (χ1v) is 12.3. The number of pyridine rings is 1. The number of rotatable bonds is 6. The van der Waals surface area contributed by atoms with Crippen LogP contribution >= 0.6 is 22.9 Å². The molecule has 8 heteroatoms. The van der Waals surface area contributed by atoms with Crippen LogP contribution in [0.1, 0.15) is 50.7 Å². The summed E-state index contributed by atoms with van der Waals surface area (Å²) in [6.45, 7) is 1.78. The van der Waals surface area contributed by atoms with Gasteiger partial charge < -0.3 is 10.1 Å². The third-order valence-corrected chi connectivity index (χ3v) is 7.05. The van der Waals surface area contributed by atoms with Crippen LogP contribution in [0.2, 0.25) is 5.02 Å². The maximum absolute atomic E-state index is 12.5. The van der Waals surface area contributed by atoms with Gasteiger partial charge in [-0.3, -0.25) is 15.1 Å². The molecule has 0 radical (unpaired) electrons. The third kappa shape index (κ3) is 5.92. The summed E-state index contributed by atoms with van der Waals surface area (Å²) in [5.74, 6) is 0.156. The van der Waals surface area contributed by atoms with Gasteiger partial charge in [0.25, 0.3) is 0 Å². The van der Waals surface area contributed by atoms with Crippen molar-refractivity contribution in [3.8, 4) is 10.6 Å². The summed E-state index contributed by atoms with van der Waals surface area (Å²) >= 11 is 7.66. The number of hydrogen-bond acceptors (Lipinski definition) is 5. The van der Waals surface area contributed by atoms with Crippen molar-refractivity contribution in [2.24, 2.45) is 5.92 Å². The van der Waals surface area contributed by atoms with E-state index >= 15 is 0 Å². The predicted molar refractivity (Wildman–Crippen MR) is 133 cm³/mol. The fraction of sp³-hybridized carbons (Fsp3) is 0.320. The zero-order chi connectivity index (χ0) is 23.2. The van der Waals surface area contributed by atoms with Gasteiger partial charge in [-0.2, -0.15) is 0 Å². The Morgan fingerprint density at radius 2 is 1.88 bits per heavy atom. The molecule has 1 saturated carbocycles. The summed E-state index contributed by atoms with van der Waals surface area (Å²) in [6, 6.07) is 12.8. The van der Waals surface area contributed by atoms with Crippen LogP contribution in [-0.2, 0) is 9.53 Å². The molecule has 172 valence electrons. The predicted octanol–water partition coefficient (Wildman–Crippen LogP) is 7.29. The number of amides is 2. The number of carbonyl (C=O) groups is 2. The number of ether oxygens (including phenoxy) is 1. The fourth-order valence-electron chi connectivity index (χ4n) is 3.99. The number of thiophene rings is 1. The molecule has 2 amide bonds. The molecule has 0 bridgehead atoms. The quantitative estimate of drug-likeness (QED) is 0.385. The Morgan fingerprint density at radius 3 is 2.61 bits per heavy atom. The first kappa shape index (κ1) is 23.3. The summed E-state index contributed by atoms with van der Waals surface area (Å²) in [5.41, 5.74) is 2.73. The summed E-state index contributed by atoms with van der Waals surface area (Å²) in [7, 11) is 0. The lowest BCUT2D eigenvalue weighted by atomic mass is 9.88. The topological polar surface area (TPSA) is 80.3 Å². The maximum Gasteiger partial charge on any atom is 0.412 e. The van der Waals surface area contributed by atoms with Crippen LogP contribution in [0.15, 0.2) is 54.0 Å². The van der Waals surface area contributed by atoms with E-state index in [-0.39, 0.29) is 11.8 Å². The zero-order valence-electron chi connectivity index (χ0n) is 18.3. The van der Waals surface area contributed by atoms with Crippen molar-refractivity contribution in [3.63, 3.8) is 0 Å². The Balaban J connectivity index is 1.38. The average molecular weight is 484 g/mol. The number of nitrogens with one attached hydrogen (secondary N) is 2. The van der Waals surface area contributed by atoms with Gasteiger partial charge in [0, 0.05) is 16.5 Å². The SMILES string of the molecule is C[C@H](OC(=O)Nc1ccsc1-c1ccc(NC(=O)C2CCCCC2)cn1)c1ccccc1Cl. The molecular weight excluding hydrogens is 458 g/mol. The van der Waals surface area contributed by atoms with Gasteiger partial charge in [0.1, 0.15) is 6.10 Å². The molecule has 0 aliphatic heterocycles. The summed E-state index contributed by atoms with van der Waals surface area (Å²) < 4.78 is 5.50. The second-order valence-electron chi connectivity index (χ2n) is 8.11. The number of halogens is 1. The largest absolute Gasteiger partial charge is 0.441 e. The maximum atomic E-state index is 12.5. The molecule has 0 saturated heterocycles. The molecule has 3 aromatic rings. The summed E-state index contributed by atoms with van der Waals surface area (Å²) in [5, 5.41) is 8.20. The Labute approximate surface area is 202 Å². The third-order valence-electron chi connectivity index (χ3n) is 5.77. The van der Waals surface area contributed by atoms with Crippen molar-refractivity contribution in [1.29, 1.82) is 0 Å². The van der Waals surface area contributed by atoms with E-state index in [1.165, 1.54) is 17.8 Å². The van der Waals surface area contributed by atoms with Crippen molar-refractivity contribution in [2.75, 3.05) is 10.6 Å². The zero-order valence-corrected chi connectivity index (χ0v) is 19.9. The Kier molecular flexibility index (Phi) is 7.62. The van der Waals surface area contributed by atoms with Gasteiger partial charge in [-0.05, 0) is 49.4 Å². The van der Waals surface area contributed by atoms with Crippen LogP contribution < -0.4 is 10.6 Å². The van der Waals surface area contributed by atoms with Gasteiger partial charge in [-0.25, -0.2) is 4.79 Å². The van der Waals surface area contributed by atoms with E-state index in [1.807, 2.05) is 41.8 Å². The number of anilines is 2. The molecule has 1 atom stereocenters. The molecule has 1 aliphatic rings. The molecule has 33 heavy (non-hydrogen) atoms. The minimum Gasteiger partial charge on any atom is -0.441 e. The number of nitrogens with zero attached hydrogens (tertiary/aromatic N) is 1. The van der Waals surface area contributed by atoms with Crippen LogP contribution in [0.5, 0.6) is 0 Å². The summed E-state index contributed by atoms with van der Waals surface area (Å²) in [4.78, 5) is 30.2. The molecule has 2 aromatic heterocycles. The van der Waals surface area contributed by atoms with E-state index < -0.39 is 12.2 Å². The lowest BCUT2D eigenvalue weighted by molar-refractivity contribution is -0.120. The number of hydrogen-bond donors (Lipinski definition) is 2. The Morgan fingerprint density at radius 1 is 1.09 bits per heavy atom. The van der Waals surface area contributed by atoms with Crippen molar-refractivity contribution in [3.05, 3.63) is 64.6 Å². The van der Waals surface area contributed by atoms with Gasteiger partial charge in [0.05, 0.1) is 28.1 Å². The Bertz CT molecular complexity index is 1110. The van der Waals surface area contributed by atoms with E-state index in [0.29, 0.717) is 22.1 Å². The summed E-state index contributed by atoms with van der Waals surface area (Å²) in [6.07, 6.45) is 5.93. The first-order chi connectivity index (χ1) is 16.0. The molecule has 1 aliphatic carbocycles. The first-order valence-electron chi connectivity index (χ1n) is 11.1. The normalized spacial score (nSPS) is 15.0. The van der Waals surface area contributed by atoms with Gasteiger partial charge in [-0.15, -0.1) is 11.3 Å². The van der Waals surface area contributed by atoms with Crippen LogP contribution in [0.4, 0.5) is 16.2 Å². The van der Waals surface area contributed by atoms with Crippen LogP contribution in [-0.4, -0.2) is 17.0 Å². The van der Waals surface area contributed by atoms with Crippen LogP contribution in [0.25, 0.3) is 10.6 Å². The minimum atomic E-state index is -0.571. The second-order valence-corrected chi connectivity index (χ2v) is 9.44. The molecule has 1 fully saturated rings. The van der Waals surface area contributed by atoms with Crippen molar-refractivity contribution >= 4 is 46.3 Å². The number of aromatic nitrogens is 1. The highest BCUT2D eigenvalue weighted by molar-refractivity contribution is 7.14. The van der Waals surface area contributed by atoms with Crippen molar-refractivity contribution in [1.82, 2.24) is 4.98 Å². The average Bonchev–Trinajstić information content (AvgIpc) is 3.28. The van der Waals surface area contributed by atoms with E-state index in [9.17, 15) is 9.59 Å². The standard InChI is InChI=1S/C25H26ClN3O3S/c1-16(19-9-5-6-10-20(19)26)32-25(31)29-22-13-14-33-23(22)21-12-11-18(15-27-21)28-24(30)17-7-3-2-4-8-17/h5-6,9-17H,2-4,7-8H2,1H3,(H,28,30)(H,29,31)/t16-/m0/s1. The highest BCUT2D eigenvalue weighted by Gasteiger charge is 2.21. The minimum absolute atomic E-state index is 0.0677. The molecule has 0 spiro atoms. The van der Waals surface area contributed by atoms with Gasteiger partial charge in [-0.1, -0.05) is 49.1 Å². The number of carbonyl (C=O) groups excluding carboxylic acids is 2. The van der Waals surface area contributed by atoms with Crippen LogP contribution in [0.3, 0.4) is 0 Å². The van der Waals surface area contributed by atoms with E-state index in [4.69, 9.17) is 16.3 Å². The van der Waals surface area contributed by atoms with Crippen LogP contribution in [0, 0.1) is 5.92 Å². The molecule has 0 unspecified atom stereocenters. The molecule has 6 nitrogen and oxygen atoms in total. The molecule has 2 N–H and O–H groups in total. The monoisotopic (exact) mass is 483 g/mol. The van der Waals surface area contributed by atoms with E-state index in [0.717, 1.165) is 36.1 Å². The molecule has 2 heterocycles. The van der Waals surface area contributed by atoms with E-state index in [1.54, 1.807) is 19.2 Å². The highest BCUT2D eigenvalue weighted by atomic mass is 35.5. The lowest BCUT2D eigenvalue weighted by Crippen LogP contribution is -2.24. The fourth-order valence-corrected chi connectivity index (χ4v) is 5.10.